The third kappa shape index (κ3) is 4.20. The SMILES string of the molecule is CCOc1ccc(S(=O)(=O)N(CC)CC(=O)N2CCCC2)cc1Cl. The van der Waals surface area contributed by atoms with Crippen molar-refractivity contribution in [3.63, 3.8) is 0 Å². The number of hydrogen-bond acceptors (Lipinski definition) is 4. The summed E-state index contributed by atoms with van der Waals surface area (Å²) in [6.45, 7) is 5.44. The van der Waals surface area contributed by atoms with E-state index in [0.717, 1.165) is 12.8 Å². The molecule has 2 rings (SSSR count). The summed E-state index contributed by atoms with van der Waals surface area (Å²) in [7, 11) is -3.78. The molecule has 0 atom stereocenters. The molecule has 8 heteroatoms. The second-order valence-electron chi connectivity index (χ2n) is 5.54. The van der Waals surface area contributed by atoms with Crippen LogP contribution >= 0.6 is 11.6 Å². The first-order valence-corrected chi connectivity index (χ1v) is 9.92. The van der Waals surface area contributed by atoms with Crippen molar-refractivity contribution in [2.24, 2.45) is 0 Å². The molecule has 1 fully saturated rings. The van der Waals surface area contributed by atoms with Crippen LogP contribution < -0.4 is 4.74 Å². The number of carbonyl (C=O) groups is 1. The minimum atomic E-state index is -3.78. The summed E-state index contributed by atoms with van der Waals surface area (Å²) in [4.78, 5) is 14.0. The highest BCUT2D eigenvalue weighted by molar-refractivity contribution is 7.89. The number of rotatable bonds is 7. The van der Waals surface area contributed by atoms with Gasteiger partial charge in [0.25, 0.3) is 0 Å². The molecule has 0 N–H and O–H groups in total. The van der Waals surface area contributed by atoms with Gasteiger partial charge in [0.15, 0.2) is 0 Å². The van der Waals surface area contributed by atoms with Gasteiger partial charge in [-0.05, 0) is 38.0 Å². The third-order valence-corrected chi connectivity index (χ3v) is 6.18. The Kier molecular flexibility index (Phi) is 6.48. The lowest BCUT2D eigenvalue weighted by molar-refractivity contribution is -0.130. The van der Waals surface area contributed by atoms with E-state index >= 15 is 0 Å². The highest BCUT2D eigenvalue weighted by Crippen LogP contribution is 2.28. The second kappa shape index (κ2) is 8.18. The van der Waals surface area contributed by atoms with Crippen molar-refractivity contribution in [3.8, 4) is 5.75 Å². The Balaban J connectivity index is 2.19. The zero-order valence-electron chi connectivity index (χ0n) is 14.0. The summed E-state index contributed by atoms with van der Waals surface area (Å²) < 4.78 is 32.1. The fraction of sp³-hybridized carbons (Fsp3) is 0.562. The van der Waals surface area contributed by atoms with E-state index in [9.17, 15) is 13.2 Å². The maximum atomic E-state index is 12.8. The minimum Gasteiger partial charge on any atom is -0.492 e. The molecule has 1 aromatic carbocycles. The molecule has 0 saturated carbocycles. The molecule has 1 aliphatic rings. The zero-order valence-corrected chi connectivity index (χ0v) is 15.6. The molecule has 0 bridgehead atoms. The van der Waals surface area contributed by atoms with Crippen molar-refractivity contribution in [3.05, 3.63) is 23.2 Å². The number of amides is 1. The van der Waals surface area contributed by atoms with Crippen LogP contribution in [-0.2, 0) is 14.8 Å². The van der Waals surface area contributed by atoms with Gasteiger partial charge in [-0.25, -0.2) is 8.42 Å². The lowest BCUT2D eigenvalue weighted by Gasteiger charge is -2.23. The van der Waals surface area contributed by atoms with E-state index in [1.807, 2.05) is 6.92 Å². The number of nitrogens with zero attached hydrogens (tertiary/aromatic N) is 2. The van der Waals surface area contributed by atoms with Crippen LogP contribution in [0.1, 0.15) is 26.7 Å². The molecule has 1 aromatic rings. The van der Waals surface area contributed by atoms with Gasteiger partial charge in [0, 0.05) is 19.6 Å². The summed E-state index contributed by atoms with van der Waals surface area (Å²) >= 11 is 6.09. The van der Waals surface area contributed by atoms with E-state index in [0.29, 0.717) is 25.4 Å². The predicted octanol–water partition coefficient (Wildman–Crippen LogP) is 2.37. The van der Waals surface area contributed by atoms with Crippen molar-refractivity contribution in [1.82, 2.24) is 9.21 Å². The average molecular weight is 375 g/mol. The van der Waals surface area contributed by atoms with Crippen LogP contribution in [-0.4, -0.2) is 56.3 Å². The summed E-state index contributed by atoms with van der Waals surface area (Å²) in [5.41, 5.74) is 0. The van der Waals surface area contributed by atoms with Gasteiger partial charge < -0.3 is 9.64 Å². The number of hydrogen-bond donors (Lipinski definition) is 0. The fourth-order valence-electron chi connectivity index (χ4n) is 2.65. The smallest absolute Gasteiger partial charge is 0.243 e. The van der Waals surface area contributed by atoms with Gasteiger partial charge >= 0.3 is 0 Å². The Labute approximate surface area is 148 Å². The lowest BCUT2D eigenvalue weighted by Crippen LogP contribution is -2.41. The Morgan fingerprint density at radius 2 is 1.96 bits per heavy atom. The maximum Gasteiger partial charge on any atom is 0.243 e. The van der Waals surface area contributed by atoms with E-state index in [-0.39, 0.29) is 28.9 Å². The van der Waals surface area contributed by atoms with Gasteiger partial charge in [-0.1, -0.05) is 18.5 Å². The van der Waals surface area contributed by atoms with Gasteiger partial charge in [0.05, 0.1) is 23.1 Å². The van der Waals surface area contributed by atoms with Crippen molar-refractivity contribution in [2.75, 3.05) is 32.8 Å². The summed E-state index contributed by atoms with van der Waals surface area (Å²) in [5.74, 6) is 0.282. The Bertz CT molecular complexity index is 687. The maximum absolute atomic E-state index is 12.8. The van der Waals surface area contributed by atoms with Crippen LogP contribution in [0, 0.1) is 0 Å². The summed E-state index contributed by atoms with van der Waals surface area (Å²) in [6, 6.07) is 4.36. The molecule has 1 saturated heterocycles. The van der Waals surface area contributed by atoms with Crippen molar-refractivity contribution >= 4 is 27.5 Å². The molecule has 24 heavy (non-hydrogen) atoms. The highest BCUT2D eigenvalue weighted by Gasteiger charge is 2.28. The van der Waals surface area contributed by atoms with Crippen molar-refractivity contribution < 1.29 is 17.9 Å². The molecule has 1 aliphatic heterocycles. The van der Waals surface area contributed by atoms with Crippen LogP contribution in [0.2, 0.25) is 5.02 Å². The summed E-state index contributed by atoms with van der Waals surface area (Å²) in [5, 5.41) is 0.236. The van der Waals surface area contributed by atoms with Crippen LogP contribution in [0.5, 0.6) is 5.75 Å². The van der Waals surface area contributed by atoms with E-state index in [4.69, 9.17) is 16.3 Å². The lowest BCUT2D eigenvalue weighted by atomic mass is 10.3. The molecule has 0 aromatic heterocycles. The topological polar surface area (TPSA) is 66.9 Å². The number of carbonyl (C=O) groups excluding carboxylic acids is 1. The molecule has 0 aliphatic carbocycles. The second-order valence-corrected chi connectivity index (χ2v) is 7.89. The molecular weight excluding hydrogens is 352 g/mol. The van der Waals surface area contributed by atoms with Gasteiger partial charge in [-0.2, -0.15) is 4.31 Å². The van der Waals surface area contributed by atoms with Gasteiger partial charge in [-0.15, -0.1) is 0 Å². The molecule has 1 heterocycles. The first-order chi connectivity index (χ1) is 11.4. The predicted molar refractivity (Wildman–Crippen MR) is 92.9 cm³/mol. The van der Waals surface area contributed by atoms with Crippen molar-refractivity contribution in [1.29, 1.82) is 0 Å². The van der Waals surface area contributed by atoms with Gasteiger partial charge in [0.2, 0.25) is 15.9 Å². The molecule has 6 nitrogen and oxygen atoms in total. The van der Waals surface area contributed by atoms with Gasteiger partial charge in [-0.3, -0.25) is 4.79 Å². The number of likely N-dealkylation sites (N-methyl/N-ethyl adjacent to an activating group) is 1. The van der Waals surface area contributed by atoms with Crippen LogP contribution in [0.15, 0.2) is 23.1 Å². The number of halogens is 1. The average Bonchev–Trinajstić information content (AvgIpc) is 3.08. The molecular formula is C16H23ClN2O4S. The molecule has 0 spiro atoms. The van der Waals surface area contributed by atoms with Gasteiger partial charge in [0.1, 0.15) is 5.75 Å². The number of benzene rings is 1. The quantitative estimate of drug-likeness (QED) is 0.734. The standard InChI is InChI=1S/C16H23ClN2O4S/c1-3-19(12-16(20)18-9-5-6-10-18)24(21,22)13-7-8-15(23-4-2)14(17)11-13/h7-8,11H,3-6,9-10,12H2,1-2H3. The van der Waals surface area contributed by atoms with Crippen LogP contribution in [0.3, 0.4) is 0 Å². The molecule has 134 valence electrons. The Morgan fingerprint density at radius 1 is 1.29 bits per heavy atom. The fourth-order valence-corrected chi connectivity index (χ4v) is 4.37. The monoisotopic (exact) mass is 374 g/mol. The number of ether oxygens (including phenoxy) is 1. The Morgan fingerprint density at radius 3 is 2.50 bits per heavy atom. The minimum absolute atomic E-state index is 0.0621. The third-order valence-electron chi connectivity index (χ3n) is 3.96. The highest BCUT2D eigenvalue weighted by atomic mass is 35.5. The van der Waals surface area contributed by atoms with E-state index in [1.165, 1.54) is 22.5 Å². The molecule has 0 radical (unpaired) electrons. The van der Waals surface area contributed by atoms with E-state index < -0.39 is 10.0 Å². The molecule has 0 unspecified atom stereocenters. The first kappa shape index (κ1) is 19.0. The molecule has 1 amide bonds. The number of likely N-dealkylation sites (tertiary alicyclic amines) is 1. The first-order valence-electron chi connectivity index (χ1n) is 8.10. The zero-order chi connectivity index (χ0) is 17.7. The van der Waals surface area contributed by atoms with E-state index in [2.05, 4.69) is 0 Å². The van der Waals surface area contributed by atoms with E-state index in [1.54, 1.807) is 11.8 Å². The van der Waals surface area contributed by atoms with Crippen molar-refractivity contribution in [2.45, 2.75) is 31.6 Å². The van der Waals surface area contributed by atoms with Crippen LogP contribution in [0.4, 0.5) is 0 Å². The van der Waals surface area contributed by atoms with Crippen LogP contribution in [0.25, 0.3) is 0 Å². The Hall–Kier alpha value is -1.31. The number of sulfonamides is 1. The largest absolute Gasteiger partial charge is 0.492 e. The normalized spacial score (nSPS) is 15.1. The summed E-state index contributed by atoms with van der Waals surface area (Å²) in [6.07, 6.45) is 1.94.